The van der Waals surface area contributed by atoms with Crippen LogP contribution in [0.25, 0.3) is 57.3 Å². The molecule has 220 valence electrons. The van der Waals surface area contributed by atoms with Gasteiger partial charge in [-0.25, -0.2) is 9.97 Å². The highest BCUT2D eigenvalue weighted by atomic mass is 16.4. The minimum Gasteiger partial charge on any atom is -0.436 e. The Hall–Kier alpha value is -6.00. The van der Waals surface area contributed by atoms with Crippen molar-refractivity contribution in [3.63, 3.8) is 0 Å². The molecule has 0 spiro atoms. The van der Waals surface area contributed by atoms with Gasteiger partial charge in [-0.3, -0.25) is 0 Å². The summed E-state index contributed by atoms with van der Waals surface area (Å²) < 4.78 is 12.2. The monoisotopic (exact) mass is 594 g/mol. The molecule has 0 saturated heterocycles. The fraction of sp³-hybridized carbons (Fsp3) is 0.0476. The van der Waals surface area contributed by atoms with E-state index in [-0.39, 0.29) is 0 Å². The molecule has 0 aliphatic carbocycles. The Morgan fingerprint density at radius 1 is 0.413 bits per heavy atom. The molecule has 46 heavy (non-hydrogen) atoms. The quantitative estimate of drug-likeness (QED) is 0.164. The predicted molar refractivity (Wildman–Crippen MR) is 186 cm³/mol. The first-order chi connectivity index (χ1) is 22.7. The van der Waals surface area contributed by atoms with E-state index in [1.165, 1.54) is 22.3 Å². The van der Waals surface area contributed by atoms with Gasteiger partial charge in [0.1, 0.15) is 11.0 Å². The number of fused-ring (bicyclic) bond motifs is 2. The van der Waals surface area contributed by atoms with Gasteiger partial charge in [0.2, 0.25) is 11.8 Å². The average molecular weight is 595 g/mol. The topological polar surface area (TPSA) is 52.1 Å². The fourth-order valence-electron chi connectivity index (χ4n) is 5.74. The van der Waals surface area contributed by atoms with Crippen molar-refractivity contribution in [2.45, 2.75) is 12.8 Å². The van der Waals surface area contributed by atoms with Crippen LogP contribution in [-0.4, -0.2) is 9.97 Å². The molecule has 0 aliphatic heterocycles. The van der Waals surface area contributed by atoms with Crippen molar-refractivity contribution in [3.8, 4) is 22.9 Å². The summed E-state index contributed by atoms with van der Waals surface area (Å²) in [6.45, 7) is 0. The molecular formula is C42H30N2O2. The highest BCUT2D eigenvalue weighted by Crippen LogP contribution is 2.28. The maximum Gasteiger partial charge on any atom is 0.227 e. The number of rotatable bonds is 8. The van der Waals surface area contributed by atoms with Gasteiger partial charge in [0.25, 0.3) is 0 Å². The number of hydrogen-bond acceptors (Lipinski definition) is 4. The molecule has 0 fully saturated rings. The lowest BCUT2D eigenvalue weighted by molar-refractivity contribution is 0.619. The highest BCUT2D eigenvalue weighted by Gasteiger charge is 2.11. The van der Waals surface area contributed by atoms with Crippen molar-refractivity contribution in [1.29, 1.82) is 0 Å². The summed E-state index contributed by atoms with van der Waals surface area (Å²) in [5.74, 6) is 1.26. The standard InChI is InChI=1S/C42H30N2O2/c1-3-7-31(8-4-1)25-33-17-23-39-37(27-33)43-41(45-39)35-19-13-29(14-20-35)11-12-30-15-21-36(22-16-30)42-44-38-28-34(18-24-40(38)46-42)26-32-9-5-2-6-10-32/h1-24,27-28H,25-26H2. The largest absolute Gasteiger partial charge is 0.436 e. The zero-order valence-corrected chi connectivity index (χ0v) is 25.1. The van der Waals surface area contributed by atoms with Crippen molar-refractivity contribution >= 4 is 34.4 Å². The van der Waals surface area contributed by atoms with Gasteiger partial charge in [0.15, 0.2) is 11.2 Å². The molecule has 2 aromatic heterocycles. The van der Waals surface area contributed by atoms with E-state index in [1.807, 2.05) is 24.3 Å². The molecular weight excluding hydrogens is 564 g/mol. The van der Waals surface area contributed by atoms with Gasteiger partial charge in [-0.05, 0) is 94.8 Å². The second-order valence-corrected chi connectivity index (χ2v) is 11.5. The van der Waals surface area contributed by atoms with Gasteiger partial charge in [-0.1, -0.05) is 109 Å². The molecule has 8 rings (SSSR count). The number of oxazole rings is 2. The third-order valence-electron chi connectivity index (χ3n) is 8.19. The predicted octanol–water partition coefficient (Wildman–Crippen LogP) is 10.7. The van der Waals surface area contributed by atoms with Gasteiger partial charge in [0.05, 0.1) is 0 Å². The second-order valence-electron chi connectivity index (χ2n) is 11.5. The minimum atomic E-state index is 0.629. The van der Waals surface area contributed by atoms with Crippen LogP contribution in [0.3, 0.4) is 0 Å². The molecule has 0 atom stereocenters. The summed E-state index contributed by atoms with van der Waals surface area (Å²) in [6.07, 6.45) is 5.95. The Bertz CT molecular complexity index is 2110. The Labute approximate surface area is 267 Å². The Kier molecular flexibility index (Phi) is 7.29. The third kappa shape index (κ3) is 6.01. The van der Waals surface area contributed by atoms with E-state index in [0.717, 1.165) is 57.3 Å². The fourth-order valence-corrected chi connectivity index (χ4v) is 5.74. The van der Waals surface area contributed by atoms with E-state index < -0.39 is 0 Å². The van der Waals surface area contributed by atoms with Crippen LogP contribution in [0.15, 0.2) is 154 Å². The molecule has 4 nitrogen and oxygen atoms in total. The first-order valence-corrected chi connectivity index (χ1v) is 15.5. The van der Waals surface area contributed by atoms with Crippen LogP contribution in [-0.2, 0) is 12.8 Å². The molecule has 0 aliphatic rings. The second kappa shape index (κ2) is 12.2. The van der Waals surface area contributed by atoms with Gasteiger partial charge >= 0.3 is 0 Å². The van der Waals surface area contributed by atoms with Crippen LogP contribution < -0.4 is 0 Å². The zero-order valence-electron chi connectivity index (χ0n) is 25.1. The van der Waals surface area contributed by atoms with E-state index in [2.05, 4.69) is 133 Å². The van der Waals surface area contributed by atoms with Gasteiger partial charge in [-0.2, -0.15) is 0 Å². The van der Waals surface area contributed by atoms with Crippen molar-refractivity contribution in [1.82, 2.24) is 9.97 Å². The van der Waals surface area contributed by atoms with Crippen molar-refractivity contribution in [2.24, 2.45) is 0 Å². The van der Waals surface area contributed by atoms with Crippen LogP contribution in [0.1, 0.15) is 33.4 Å². The lowest BCUT2D eigenvalue weighted by Gasteiger charge is -2.00. The van der Waals surface area contributed by atoms with Crippen molar-refractivity contribution in [2.75, 3.05) is 0 Å². The smallest absolute Gasteiger partial charge is 0.227 e. The maximum atomic E-state index is 6.08. The van der Waals surface area contributed by atoms with Crippen LogP contribution >= 0.6 is 0 Å². The van der Waals surface area contributed by atoms with Gasteiger partial charge in [0, 0.05) is 11.1 Å². The summed E-state index contributed by atoms with van der Waals surface area (Å²) in [5, 5.41) is 0. The van der Waals surface area contributed by atoms with Gasteiger partial charge in [-0.15, -0.1) is 0 Å². The third-order valence-corrected chi connectivity index (χ3v) is 8.19. The van der Waals surface area contributed by atoms with E-state index in [1.54, 1.807) is 0 Å². The molecule has 4 heteroatoms. The summed E-state index contributed by atoms with van der Waals surface area (Å²) in [5.41, 5.74) is 12.4. The number of hydrogen-bond donors (Lipinski definition) is 0. The summed E-state index contributed by atoms with van der Waals surface area (Å²) in [6, 6.07) is 50.0. The maximum absolute atomic E-state index is 6.08. The normalized spacial score (nSPS) is 11.6. The van der Waals surface area contributed by atoms with E-state index >= 15 is 0 Å². The number of nitrogens with zero attached hydrogens (tertiary/aromatic N) is 2. The molecule has 2 heterocycles. The zero-order chi connectivity index (χ0) is 30.7. The minimum absolute atomic E-state index is 0.629. The van der Waals surface area contributed by atoms with E-state index in [9.17, 15) is 0 Å². The average Bonchev–Trinajstić information content (AvgIpc) is 3.73. The van der Waals surface area contributed by atoms with Crippen LogP contribution in [0.2, 0.25) is 0 Å². The summed E-state index contributed by atoms with van der Waals surface area (Å²) in [4.78, 5) is 9.56. The SMILES string of the molecule is C(=Cc1ccc(-c2nc3cc(Cc4ccccc4)ccc3o2)cc1)c1ccc(-c2nc3cc(Cc4ccccc4)ccc3o2)cc1. The van der Waals surface area contributed by atoms with Crippen molar-refractivity contribution in [3.05, 3.63) is 179 Å². The molecule has 8 aromatic rings. The first-order valence-electron chi connectivity index (χ1n) is 15.5. The lowest BCUT2D eigenvalue weighted by atomic mass is 10.0. The van der Waals surface area contributed by atoms with Gasteiger partial charge < -0.3 is 8.83 Å². The molecule has 0 unspecified atom stereocenters. The van der Waals surface area contributed by atoms with Crippen LogP contribution in [0.5, 0.6) is 0 Å². The summed E-state index contributed by atoms with van der Waals surface area (Å²) >= 11 is 0. The first kappa shape index (κ1) is 27.5. The Morgan fingerprint density at radius 2 is 0.826 bits per heavy atom. The van der Waals surface area contributed by atoms with E-state index in [0.29, 0.717) is 11.8 Å². The van der Waals surface area contributed by atoms with E-state index in [4.69, 9.17) is 18.8 Å². The Morgan fingerprint density at radius 3 is 1.24 bits per heavy atom. The Balaban J connectivity index is 0.933. The van der Waals surface area contributed by atoms with Crippen LogP contribution in [0, 0.1) is 0 Å². The number of aromatic nitrogens is 2. The molecule has 0 N–H and O–H groups in total. The van der Waals surface area contributed by atoms with Crippen molar-refractivity contribution < 1.29 is 8.83 Å². The molecule has 6 aromatic carbocycles. The highest BCUT2D eigenvalue weighted by molar-refractivity contribution is 5.79. The lowest BCUT2D eigenvalue weighted by Crippen LogP contribution is -1.87. The molecule has 0 amide bonds. The van der Waals surface area contributed by atoms with Crippen LogP contribution in [0.4, 0.5) is 0 Å². The molecule has 0 saturated carbocycles. The molecule has 0 bridgehead atoms. The summed E-state index contributed by atoms with van der Waals surface area (Å²) in [7, 11) is 0. The molecule has 0 radical (unpaired) electrons. The number of benzene rings is 6.